The van der Waals surface area contributed by atoms with E-state index in [-0.39, 0.29) is 5.91 Å². The molecular weight excluding hydrogens is 316 g/mol. The summed E-state index contributed by atoms with van der Waals surface area (Å²) in [7, 11) is 3.99. The molecule has 0 aromatic heterocycles. The minimum Gasteiger partial charge on any atom is -0.378 e. The molecule has 110 valence electrons. The summed E-state index contributed by atoms with van der Waals surface area (Å²) in [6.07, 6.45) is 4.85. The number of anilines is 1. The Hall–Kier alpha value is -1.03. The van der Waals surface area contributed by atoms with Gasteiger partial charge in [-0.05, 0) is 55.9 Å². The zero-order valence-corrected chi connectivity index (χ0v) is 13.8. The van der Waals surface area contributed by atoms with Crippen LogP contribution in [0.15, 0.2) is 24.3 Å². The summed E-state index contributed by atoms with van der Waals surface area (Å²) in [5.74, 6) is 0.671. The number of hydrogen-bond donors (Lipinski definition) is 1. The van der Waals surface area contributed by atoms with Gasteiger partial charge in [0.15, 0.2) is 0 Å². The second kappa shape index (κ2) is 7.11. The summed E-state index contributed by atoms with van der Waals surface area (Å²) in [6, 6.07) is 7.73. The lowest BCUT2D eigenvalue weighted by atomic mass is 9.89. The molecular formula is C16H23BrN2O. The predicted octanol–water partition coefficient (Wildman–Crippen LogP) is 3.44. The largest absolute Gasteiger partial charge is 0.378 e. The van der Waals surface area contributed by atoms with Crippen molar-refractivity contribution in [3.63, 3.8) is 0 Å². The van der Waals surface area contributed by atoms with E-state index >= 15 is 0 Å². The molecule has 1 aliphatic rings. The van der Waals surface area contributed by atoms with Crippen LogP contribution in [0.1, 0.15) is 36.0 Å². The van der Waals surface area contributed by atoms with E-state index in [0.29, 0.717) is 10.7 Å². The molecule has 0 radical (unpaired) electrons. The van der Waals surface area contributed by atoms with Crippen molar-refractivity contribution in [2.75, 3.05) is 25.5 Å². The number of alkyl halides is 1. The van der Waals surface area contributed by atoms with E-state index in [0.717, 1.165) is 17.8 Å². The lowest BCUT2D eigenvalue weighted by Crippen LogP contribution is -2.31. The number of rotatable bonds is 4. The Bertz CT molecular complexity index is 436. The summed E-state index contributed by atoms with van der Waals surface area (Å²) in [5, 5.41) is 3.06. The minimum atomic E-state index is 0.0382. The van der Waals surface area contributed by atoms with E-state index in [1.165, 1.54) is 25.7 Å². The van der Waals surface area contributed by atoms with Gasteiger partial charge in [-0.25, -0.2) is 0 Å². The Labute approximate surface area is 129 Å². The summed E-state index contributed by atoms with van der Waals surface area (Å²) in [5.41, 5.74) is 1.85. The zero-order valence-electron chi connectivity index (χ0n) is 12.2. The molecule has 4 heteroatoms. The van der Waals surface area contributed by atoms with Crippen LogP contribution in [0.25, 0.3) is 0 Å². The molecule has 3 nitrogen and oxygen atoms in total. The summed E-state index contributed by atoms with van der Waals surface area (Å²) in [4.78, 5) is 14.8. The maximum Gasteiger partial charge on any atom is 0.251 e. The number of hydrogen-bond acceptors (Lipinski definition) is 2. The highest BCUT2D eigenvalue weighted by molar-refractivity contribution is 9.09. The molecule has 0 aliphatic heterocycles. The number of carbonyl (C=O) groups is 1. The van der Waals surface area contributed by atoms with Crippen LogP contribution >= 0.6 is 15.9 Å². The molecule has 1 aromatic rings. The van der Waals surface area contributed by atoms with Gasteiger partial charge in [0.2, 0.25) is 0 Å². The van der Waals surface area contributed by atoms with Crippen LogP contribution in [0.4, 0.5) is 5.69 Å². The topological polar surface area (TPSA) is 32.3 Å². The Morgan fingerprint density at radius 3 is 2.35 bits per heavy atom. The molecule has 1 aromatic carbocycles. The fraction of sp³-hybridized carbons (Fsp3) is 0.562. The maximum atomic E-state index is 12.1. The molecule has 0 atom stereocenters. The number of benzene rings is 1. The third kappa shape index (κ3) is 4.23. The van der Waals surface area contributed by atoms with Crippen LogP contribution in [0.5, 0.6) is 0 Å². The zero-order chi connectivity index (χ0) is 14.5. The lowest BCUT2D eigenvalue weighted by Gasteiger charge is -2.25. The molecule has 0 bridgehead atoms. The minimum absolute atomic E-state index is 0.0382. The Morgan fingerprint density at radius 2 is 1.80 bits per heavy atom. The summed E-state index contributed by atoms with van der Waals surface area (Å²) >= 11 is 3.66. The van der Waals surface area contributed by atoms with E-state index < -0.39 is 0 Å². The van der Waals surface area contributed by atoms with Crippen LogP contribution in [0.3, 0.4) is 0 Å². The predicted molar refractivity (Wildman–Crippen MR) is 87.8 cm³/mol. The number of nitrogens with one attached hydrogen (secondary N) is 1. The monoisotopic (exact) mass is 338 g/mol. The third-order valence-corrected chi connectivity index (χ3v) is 4.89. The van der Waals surface area contributed by atoms with Crippen molar-refractivity contribution in [1.29, 1.82) is 0 Å². The molecule has 0 spiro atoms. The van der Waals surface area contributed by atoms with Gasteiger partial charge in [0.25, 0.3) is 5.91 Å². The highest BCUT2D eigenvalue weighted by Gasteiger charge is 2.19. The highest BCUT2D eigenvalue weighted by Crippen LogP contribution is 2.28. The van der Waals surface area contributed by atoms with Crippen LogP contribution < -0.4 is 10.2 Å². The van der Waals surface area contributed by atoms with E-state index in [1.54, 1.807) is 0 Å². The summed E-state index contributed by atoms with van der Waals surface area (Å²) < 4.78 is 0. The fourth-order valence-corrected chi connectivity index (χ4v) is 3.10. The van der Waals surface area contributed by atoms with Crippen molar-refractivity contribution >= 4 is 27.5 Å². The van der Waals surface area contributed by atoms with Crippen LogP contribution in [0, 0.1) is 5.92 Å². The van der Waals surface area contributed by atoms with E-state index in [2.05, 4.69) is 21.2 Å². The van der Waals surface area contributed by atoms with E-state index in [4.69, 9.17) is 0 Å². The Morgan fingerprint density at radius 1 is 1.20 bits per heavy atom. The average molecular weight is 339 g/mol. The van der Waals surface area contributed by atoms with Crippen LogP contribution in [0.2, 0.25) is 0 Å². The Balaban J connectivity index is 1.82. The number of halogens is 1. The first-order valence-electron chi connectivity index (χ1n) is 7.26. The second-order valence-corrected chi connectivity index (χ2v) is 7.06. The molecule has 1 amide bonds. The lowest BCUT2D eigenvalue weighted by molar-refractivity contribution is 0.0944. The molecule has 0 saturated heterocycles. The molecule has 20 heavy (non-hydrogen) atoms. The number of amides is 1. The highest BCUT2D eigenvalue weighted by atomic mass is 79.9. The second-order valence-electron chi connectivity index (χ2n) is 5.77. The van der Waals surface area contributed by atoms with Crippen molar-refractivity contribution in [3.8, 4) is 0 Å². The first kappa shape index (κ1) is 15.4. The number of nitrogens with zero attached hydrogens (tertiary/aromatic N) is 1. The van der Waals surface area contributed by atoms with Crippen molar-refractivity contribution in [2.24, 2.45) is 5.92 Å². The van der Waals surface area contributed by atoms with E-state index in [9.17, 15) is 4.79 Å². The first-order valence-corrected chi connectivity index (χ1v) is 8.17. The number of carbonyl (C=O) groups excluding carboxylic acids is 1. The molecule has 2 rings (SSSR count). The molecule has 1 N–H and O–H groups in total. The Kier molecular flexibility index (Phi) is 5.46. The van der Waals surface area contributed by atoms with Gasteiger partial charge in [0.05, 0.1) is 0 Å². The normalized spacial score (nSPS) is 22.4. The smallest absolute Gasteiger partial charge is 0.251 e. The van der Waals surface area contributed by atoms with Gasteiger partial charge in [-0.15, -0.1) is 0 Å². The average Bonchev–Trinajstić information content (AvgIpc) is 2.46. The first-order chi connectivity index (χ1) is 9.56. The van der Waals surface area contributed by atoms with Crippen LogP contribution in [-0.2, 0) is 0 Å². The standard InChI is InChI=1S/C16H23BrN2O/c1-19(2)15-9-5-13(6-10-15)16(20)18-11-12-3-7-14(17)8-4-12/h5-6,9-10,12,14H,3-4,7-8,11H2,1-2H3,(H,18,20). The van der Waals surface area contributed by atoms with Gasteiger partial charge in [0.1, 0.15) is 0 Å². The fourth-order valence-electron chi connectivity index (χ4n) is 2.58. The van der Waals surface area contributed by atoms with Crippen molar-refractivity contribution in [2.45, 2.75) is 30.5 Å². The molecule has 0 unspecified atom stereocenters. The van der Waals surface area contributed by atoms with Crippen molar-refractivity contribution < 1.29 is 4.79 Å². The molecule has 1 fully saturated rings. The van der Waals surface area contributed by atoms with Crippen LogP contribution in [-0.4, -0.2) is 31.4 Å². The third-order valence-electron chi connectivity index (χ3n) is 3.97. The summed E-state index contributed by atoms with van der Waals surface area (Å²) in [6.45, 7) is 0.800. The maximum absolute atomic E-state index is 12.1. The quantitative estimate of drug-likeness (QED) is 0.853. The SMILES string of the molecule is CN(C)c1ccc(C(=O)NCC2CCC(Br)CC2)cc1. The molecule has 1 aliphatic carbocycles. The van der Waals surface area contributed by atoms with Gasteiger partial charge in [-0.1, -0.05) is 15.9 Å². The van der Waals surface area contributed by atoms with Gasteiger partial charge in [0, 0.05) is 36.7 Å². The van der Waals surface area contributed by atoms with Gasteiger partial charge >= 0.3 is 0 Å². The van der Waals surface area contributed by atoms with Gasteiger partial charge in [-0.3, -0.25) is 4.79 Å². The molecule has 1 saturated carbocycles. The van der Waals surface area contributed by atoms with Gasteiger partial charge in [-0.2, -0.15) is 0 Å². The van der Waals surface area contributed by atoms with Crippen molar-refractivity contribution in [1.82, 2.24) is 5.32 Å². The molecule has 0 heterocycles. The van der Waals surface area contributed by atoms with Crippen molar-refractivity contribution in [3.05, 3.63) is 29.8 Å². The van der Waals surface area contributed by atoms with E-state index in [1.807, 2.05) is 43.3 Å². The van der Waals surface area contributed by atoms with Gasteiger partial charge < -0.3 is 10.2 Å².